The highest BCUT2D eigenvalue weighted by molar-refractivity contribution is 5.82. The fraction of sp³-hybridized carbons (Fsp3) is 0.615. The lowest BCUT2D eigenvalue weighted by molar-refractivity contribution is -0.121. The Kier molecular flexibility index (Phi) is 2.34. The lowest BCUT2D eigenvalue weighted by atomic mass is 9.68. The quantitative estimate of drug-likeness (QED) is 0.581. The van der Waals surface area contributed by atoms with E-state index >= 15 is 0 Å². The van der Waals surface area contributed by atoms with Gasteiger partial charge in [0.15, 0.2) is 0 Å². The summed E-state index contributed by atoms with van der Waals surface area (Å²) in [7, 11) is 0. The Morgan fingerprint density at radius 3 is 2.86 bits per heavy atom. The van der Waals surface area contributed by atoms with E-state index in [-0.39, 0.29) is 5.92 Å². The molecular weight excluding hydrogens is 172 g/mol. The van der Waals surface area contributed by atoms with Crippen molar-refractivity contribution in [1.29, 1.82) is 0 Å². The number of allylic oxidation sites excluding steroid dienone is 4. The van der Waals surface area contributed by atoms with Gasteiger partial charge in [-0.3, -0.25) is 4.79 Å². The first-order chi connectivity index (χ1) is 6.61. The molecule has 0 aromatic carbocycles. The molecule has 0 aliphatic heterocycles. The zero-order valence-corrected chi connectivity index (χ0v) is 9.16. The molecule has 0 radical (unpaired) electrons. The average molecular weight is 190 g/mol. The SMILES string of the molecule is CC(=O)C1C(C)=CC(C)C2C=CCC12. The average Bonchev–Trinajstić information content (AvgIpc) is 2.51. The molecular formula is C13H18O. The van der Waals surface area contributed by atoms with Crippen LogP contribution in [-0.2, 0) is 4.79 Å². The highest BCUT2D eigenvalue weighted by atomic mass is 16.1. The van der Waals surface area contributed by atoms with Gasteiger partial charge in [-0.05, 0) is 38.0 Å². The minimum absolute atomic E-state index is 0.186. The van der Waals surface area contributed by atoms with Crippen LogP contribution in [0.25, 0.3) is 0 Å². The number of carbonyl (C=O) groups is 1. The van der Waals surface area contributed by atoms with E-state index in [1.165, 1.54) is 5.57 Å². The Morgan fingerprint density at radius 2 is 2.21 bits per heavy atom. The molecule has 1 nitrogen and oxygen atoms in total. The van der Waals surface area contributed by atoms with E-state index in [9.17, 15) is 4.79 Å². The van der Waals surface area contributed by atoms with Crippen LogP contribution >= 0.6 is 0 Å². The molecule has 14 heavy (non-hydrogen) atoms. The number of rotatable bonds is 1. The Hall–Kier alpha value is -0.850. The molecule has 0 aromatic rings. The van der Waals surface area contributed by atoms with Gasteiger partial charge in [0.25, 0.3) is 0 Å². The third-order valence-corrected chi connectivity index (χ3v) is 3.75. The third-order valence-electron chi connectivity index (χ3n) is 3.75. The number of hydrogen-bond donors (Lipinski definition) is 0. The van der Waals surface area contributed by atoms with E-state index in [1.54, 1.807) is 6.92 Å². The van der Waals surface area contributed by atoms with Crippen LogP contribution in [0.5, 0.6) is 0 Å². The van der Waals surface area contributed by atoms with Crippen LogP contribution < -0.4 is 0 Å². The van der Waals surface area contributed by atoms with Gasteiger partial charge in [0.1, 0.15) is 5.78 Å². The van der Waals surface area contributed by atoms with Crippen LogP contribution in [0.4, 0.5) is 0 Å². The zero-order valence-electron chi connectivity index (χ0n) is 9.16. The molecule has 4 unspecified atom stereocenters. The summed E-state index contributed by atoms with van der Waals surface area (Å²) in [5.41, 5.74) is 1.29. The van der Waals surface area contributed by atoms with Crippen molar-refractivity contribution in [2.75, 3.05) is 0 Å². The maximum absolute atomic E-state index is 11.6. The summed E-state index contributed by atoms with van der Waals surface area (Å²) in [6, 6.07) is 0. The van der Waals surface area contributed by atoms with Crippen molar-refractivity contribution in [3.05, 3.63) is 23.8 Å². The minimum atomic E-state index is 0.186. The fourth-order valence-corrected chi connectivity index (χ4v) is 3.21. The molecule has 0 heterocycles. The van der Waals surface area contributed by atoms with Crippen molar-refractivity contribution in [3.8, 4) is 0 Å². The molecule has 0 N–H and O–H groups in total. The smallest absolute Gasteiger partial charge is 0.137 e. The number of Topliss-reactive ketones (excluding diaryl/α,β-unsaturated/α-hetero) is 1. The maximum Gasteiger partial charge on any atom is 0.137 e. The number of carbonyl (C=O) groups excluding carboxylic acids is 1. The molecule has 2 aliphatic rings. The summed E-state index contributed by atoms with van der Waals surface area (Å²) >= 11 is 0. The van der Waals surface area contributed by atoms with Gasteiger partial charge < -0.3 is 0 Å². The van der Waals surface area contributed by atoms with Crippen LogP contribution in [0.15, 0.2) is 23.8 Å². The van der Waals surface area contributed by atoms with E-state index in [0.717, 1.165) is 6.42 Å². The van der Waals surface area contributed by atoms with Crippen molar-refractivity contribution in [2.45, 2.75) is 27.2 Å². The second kappa shape index (κ2) is 3.38. The summed E-state index contributed by atoms with van der Waals surface area (Å²) in [4.78, 5) is 11.6. The van der Waals surface area contributed by atoms with Crippen LogP contribution in [0.3, 0.4) is 0 Å². The first-order valence-corrected chi connectivity index (χ1v) is 5.46. The van der Waals surface area contributed by atoms with Crippen LogP contribution in [0.2, 0.25) is 0 Å². The first-order valence-electron chi connectivity index (χ1n) is 5.46. The summed E-state index contributed by atoms with van der Waals surface area (Å²) in [6.07, 6.45) is 7.91. The van der Waals surface area contributed by atoms with Crippen molar-refractivity contribution in [3.63, 3.8) is 0 Å². The van der Waals surface area contributed by atoms with E-state index in [4.69, 9.17) is 0 Å². The fourth-order valence-electron chi connectivity index (χ4n) is 3.21. The maximum atomic E-state index is 11.6. The molecule has 0 spiro atoms. The molecule has 1 heteroatoms. The Bertz CT molecular complexity index is 311. The van der Waals surface area contributed by atoms with E-state index < -0.39 is 0 Å². The largest absolute Gasteiger partial charge is 0.299 e. The molecule has 2 aliphatic carbocycles. The van der Waals surface area contributed by atoms with Crippen molar-refractivity contribution in [1.82, 2.24) is 0 Å². The predicted molar refractivity (Wildman–Crippen MR) is 57.8 cm³/mol. The van der Waals surface area contributed by atoms with Gasteiger partial charge in [0.2, 0.25) is 0 Å². The number of fused-ring (bicyclic) bond motifs is 1. The molecule has 4 atom stereocenters. The summed E-state index contributed by atoms with van der Waals surface area (Å²) in [5.74, 6) is 2.28. The lowest BCUT2D eigenvalue weighted by Gasteiger charge is -2.35. The van der Waals surface area contributed by atoms with E-state index in [1.807, 2.05) is 0 Å². The number of hydrogen-bond acceptors (Lipinski definition) is 1. The second-order valence-corrected chi connectivity index (χ2v) is 4.76. The van der Waals surface area contributed by atoms with Crippen molar-refractivity contribution >= 4 is 5.78 Å². The third kappa shape index (κ3) is 1.35. The van der Waals surface area contributed by atoms with Crippen LogP contribution in [0, 0.1) is 23.7 Å². The highest BCUT2D eigenvalue weighted by Crippen LogP contribution is 2.44. The van der Waals surface area contributed by atoms with Gasteiger partial charge in [-0.25, -0.2) is 0 Å². The van der Waals surface area contributed by atoms with Crippen LogP contribution in [0.1, 0.15) is 27.2 Å². The van der Waals surface area contributed by atoms with E-state index in [0.29, 0.717) is 23.5 Å². The van der Waals surface area contributed by atoms with E-state index in [2.05, 4.69) is 32.1 Å². The van der Waals surface area contributed by atoms with Gasteiger partial charge in [-0.15, -0.1) is 0 Å². The monoisotopic (exact) mass is 190 g/mol. The molecule has 0 saturated carbocycles. The van der Waals surface area contributed by atoms with Gasteiger partial charge in [-0.1, -0.05) is 30.7 Å². The number of ketones is 1. The summed E-state index contributed by atoms with van der Waals surface area (Å²) in [6.45, 7) is 6.09. The Labute approximate surface area is 85.9 Å². The summed E-state index contributed by atoms with van der Waals surface area (Å²) in [5, 5.41) is 0. The minimum Gasteiger partial charge on any atom is -0.299 e. The molecule has 0 aromatic heterocycles. The van der Waals surface area contributed by atoms with Crippen molar-refractivity contribution < 1.29 is 4.79 Å². The molecule has 2 rings (SSSR count). The zero-order chi connectivity index (χ0) is 10.3. The van der Waals surface area contributed by atoms with Gasteiger partial charge in [-0.2, -0.15) is 0 Å². The first kappa shape index (κ1) is 9.70. The predicted octanol–water partition coefficient (Wildman–Crippen LogP) is 2.98. The standard InChI is InChI=1S/C13H18O/c1-8-7-9(2)13(10(3)14)12-6-4-5-11(8)12/h4-5,7-8,11-13H,6H2,1-3H3. The van der Waals surface area contributed by atoms with Crippen LogP contribution in [-0.4, -0.2) is 5.78 Å². The van der Waals surface area contributed by atoms with Gasteiger partial charge in [0.05, 0.1) is 0 Å². The summed E-state index contributed by atoms with van der Waals surface area (Å²) < 4.78 is 0. The van der Waals surface area contributed by atoms with Crippen molar-refractivity contribution in [2.24, 2.45) is 23.7 Å². The second-order valence-electron chi connectivity index (χ2n) is 4.76. The molecule has 76 valence electrons. The molecule has 0 fully saturated rings. The molecule has 0 amide bonds. The Balaban J connectivity index is 2.34. The molecule has 0 saturated heterocycles. The topological polar surface area (TPSA) is 17.1 Å². The molecule has 0 bridgehead atoms. The van der Waals surface area contributed by atoms with Gasteiger partial charge >= 0.3 is 0 Å². The van der Waals surface area contributed by atoms with Gasteiger partial charge in [0, 0.05) is 5.92 Å². The normalized spacial score (nSPS) is 40.6. The Morgan fingerprint density at radius 1 is 1.50 bits per heavy atom. The lowest BCUT2D eigenvalue weighted by Crippen LogP contribution is -2.32. The highest BCUT2D eigenvalue weighted by Gasteiger charge is 2.39.